The quantitative estimate of drug-likeness (QED) is 0.448. The summed E-state index contributed by atoms with van der Waals surface area (Å²) in [5.74, 6) is -3.08. The van der Waals surface area contributed by atoms with Crippen LogP contribution < -0.4 is 5.73 Å². The molecular formula is C13H17F2NO4. The van der Waals surface area contributed by atoms with Crippen molar-refractivity contribution >= 4 is 11.7 Å². The molecule has 0 atom stereocenters. The van der Waals surface area contributed by atoms with E-state index in [1.54, 1.807) is 7.11 Å². The molecule has 20 heavy (non-hydrogen) atoms. The zero-order valence-corrected chi connectivity index (χ0v) is 11.2. The second-order valence-corrected chi connectivity index (χ2v) is 3.95. The average molecular weight is 289 g/mol. The number of nitrogens with two attached hydrogens (primary N) is 1. The molecule has 112 valence electrons. The van der Waals surface area contributed by atoms with Crippen LogP contribution in [-0.4, -0.2) is 39.5 Å². The summed E-state index contributed by atoms with van der Waals surface area (Å²) < 4.78 is 40.7. The van der Waals surface area contributed by atoms with Crippen molar-refractivity contribution in [3.63, 3.8) is 0 Å². The summed E-state index contributed by atoms with van der Waals surface area (Å²) in [7, 11) is 1.59. The standard InChI is InChI=1S/C13H17F2NO4/c1-18-3-2-4-19-5-6-20-13(17)9-7-10(14)11(15)8-12(9)16/h7-8H,2-6,16H2,1H3. The van der Waals surface area contributed by atoms with Gasteiger partial charge in [0.2, 0.25) is 0 Å². The van der Waals surface area contributed by atoms with Crippen LogP contribution in [0.3, 0.4) is 0 Å². The average Bonchev–Trinajstić information content (AvgIpc) is 2.41. The lowest BCUT2D eigenvalue weighted by Crippen LogP contribution is -2.14. The minimum atomic E-state index is -1.15. The van der Waals surface area contributed by atoms with Gasteiger partial charge in [0, 0.05) is 32.1 Å². The van der Waals surface area contributed by atoms with Crippen molar-refractivity contribution < 1.29 is 27.8 Å². The molecule has 0 spiro atoms. The molecule has 0 unspecified atom stereocenters. The number of esters is 1. The molecule has 0 saturated heterocycles. The van der Waals surface area contributed by atoms with Crippen molar-refractivity contribution in [1.82, 2.24) is 0 Å². The van der Waals surface area contributed by atoms with Crippen molar-refractivity contribution in [3.8, 4) is 0 Å². The van der Waals surface area contributed by atoms with Gasteiger partial charge in [-0.1, -0.05) is 0 Å². The first-order valence-electron chi connectivity index (χ1n) is 6.04. The summed E-state index contributed by atoms with van der Waals surface area (Å²) in [5.41, 5.74) is 5.05. The van der Waals surface area contributed by atoms with Gasteiger partial charge in [0.1, 0.15) is 6.61 Å². The second kappa shape index (κ2) is 8.44. The number of carbonyl (C=O) groups excluding carboxylic acids is 1. The molecule has 0 heterocycles. The van der Waals surface area contributed by atoms with E-state index in [2.05, 4.69) is 0 Å². The molecule has 0 saturated carbocycles. The van der Waals surface area contributed by atoms with Crippen LogP contribution >= 0.6 is 0 Å². The molecule has 1 aromatic rings. The molecule has 1 rings (SSSR count). The van der Waals surface area contributed by atoms with Crippen LogP contribution in [-0.2, 0) is 14.2 Å². The Balaban J connectivity index is 2.34. The van der Waals surface area contributed by atoms with Crippen LogP contribution in [0, 0.1) is 11.6 Å². The van der Waals surface area contributed by atoms with Gasteiger partial charge in [0.05, 0.1) is 12.2 Å². The van der Waals surface area contributed by atoms with Gasteiger partial charge in [-0.2, -0.15) is 0 Å². The normalized spacial score (nSPS) is 10.6. The number of carbonyl (C=O) groups is 1. The molecule has 1 aromatic carbocycles. The SMILES string of the molecule is COCCCOCCOC(=O)c1cc(F)c(F)cc1N. The maximum atomic E-state index is 13.0. The van der Waals surface area contributed by atoms with Crippen LogP contribution in [0.4, 0.5) is 14.5 Å². The zero-order chi connectivity index (χ0) is 15.0. The third-order valence-corrected chi connectivity index (χ3v) is 2.41. The van der Waals surface area contributed by atoms with Gasteiger partial charge in [0.25, 0.3) is 0 Å². The minimum absolute atomic E-state index is 0.00422. The molecule has 0 amide bonds. The highest BCUT2D eigenvalue weighted by molar-refractivity contribution is 5.95. The second-order valence-electron chi connectivity index (χ2n) is 3.95. The number of halogens is 2. The lowest BCUT2D eigenvalue weighted by atomic mass is 10.1. The van der Waals surface area contributed by atoms with E-state index in [0.717, 1.165) is 12.5 Å². The van der Waals surface area contributed by atoms with Crippen LogP contribution in [0.15, 0.2) is 12.1 Å². The van der Waals surface area contributed by atoms with Crippen molar-refractivity contribution in [2.75, 3.05) is 39.3 Å². The molecule has 0 aromatic heterocycles. The summed E-state index contributed by atoms with van der Waals surface area (Å²) in [6.45, 7) is 1.28. The largest absolute Gasteiger partial charge is 0.460 e. The van der Waals surface area contributed by atoms with Crippen molar-refractivity contribution in [2.24, 2.45) is 0 Å². The molecule has 0 bridgehead atoms. The predicted octanol–water partition coefficient (Wildman–Crippen LogP) is 1.76. The summed E-state index contributed by atoms with van der Waals surface area (Å²) in [4.78, 5) is 11.6. The van der Waals surface area contributed by atoms with Gasteiger partial charge >= 0.3 is 5.97 Å². The molecule has 0 fully saturated rings. The highest BCUT2D eigenvalue weighted by Gasteiger charge is 2.15. The van der Waals surface area contributed by atoms with E-state index in [0.29, 0.717) is 19.3 Å². The monoisotopic (exact) mass is 289 g/mol. The molecule has 7 heteroatoms. The first kappa shape index (κ1) is 16.3. The van der Waals surface area contributed by atoms with E-state index in [9.17, 15) is 13.6 Å². The summed E-state index contributed by atoms with van der Waals surface area (Å²) in [5, 5.41) is 0. The van der Waals surface area contributed by atoms with Gasteiger partial charge in [-0.15, -0.1) is 0 Å². The third-order valence-electron chi connectivity index (χ3n) is 2.41. The number of hydrogen-bond acceptors (Lipinski definition) is 5. The number of methoxy groups -OCH3 is 1. The summed E-state index contributed by atoms with van der Waals surface area (Å²) in [6.07, 6.45) is 0.737. The fourth-order valence-corrected chi connectivity index (χ4v) is 1.42. The molecule has 0 aliphatic carbocycles. The van der Waals surface area contributed by atoms with Crippen LogP contribution in [0.2, 0.25) is 0 Å². The molecule has 0 radical (unpaired) electrons. The van der Waals surface area contributed by atoms with E-state index < -0.39 is 17.6 Å². The number of ether oxygens (including phenoxy) is 3. The van der Waals surface area contributed by atoms with Crippen molar-refractivity contribution in [3.05, 3.63) is 29.3 Å². The Labute approximate surface area is 115 Å². The fraction of sp³-hybridized carbons (Fsp3) is 0.462. The summed E-state index contributed by atoms with van der Waals surface area (Å²) in [6, 6.07) is 1.46. The Morgan fingerprint density at radius 1 is 1.15 bits per heavy atom. The number of hydrogen-bond donors (Lipinski definition) is 1. The highest BCUT2D eigenvalue weighted by Crippen LogP contribution is 2.17. The lowest BCUT2D eigenvalue weighted by molar-refractivity contribution is 0.0288. The van der Waals surface area contributed by atoms with E-state index in [1.165, 1.54) is 0 Å². The lowest BCUT2D eigenvalue weighted by Gasteiger charge is -2.08. The van der Waals surface area contributed by atoms with Crippen LogP contribution in [0.1, 0.15) is 16.8 Å². The number of benzene rings is 1. The van der Waals surface area contributed by atoms with E-state index >= 15 is 0 Å². The van der Waals surface area contributed by atoms with Gasteiger partial charge in [0.15, 0.2) is 11.6 Å². The van der Waals surface area contributed by atoms with Crippen molar-refractivity contribution in [2.45, 2.75) is 6.42 Å². The smallest absolute Gasteiger partial charge is 0.340 e. The Kier molecular flexibility index (Phi) is 6.89. The predicted molar refractivity (Wildman–Crippen MR) is 68.4 cm³/mol. The molecule has 5 nitrogen and oxygen atoms in total. The zero-order valence-electron chi connectivity index (χ0n) is 11.2. The molecular weight excluding hydrogens is 272 g/mol. The molecule has 2 N–H and O–H groups in total. The van der Waals surface area contributed by atoms with Crippen molar-refractivity contribution in [1.29, 1.82) is 0 Å². The Hall–Kier alpha value is -1.73. The van der Waals surface area contributed by atoms with Crippen LogP contribution in [0.25, 0.3) is 0 Å². The van der Waals surface area contributed by atoms with Gasteiger partial charge in [-0.3, -0.25) is 0 Å². The maximum Gasteiger partial charge on any atom is 0.340 e. The number of rotatable bonds is 8. The van der Waals surface area contributed by atoms with E-state index in [4.69, 9.17) is 19.9 Å². The van der Waals surface area contributed by atoms with Gasteiger partial charge in [-0.25, -0.2) is 13.6 Å². The first-order valence-corrected chi connectivity index (χ1v) is 6.04. The van der Waals surface area contributed by atoms with Gasteiger partial charge < -0.3 is 19.9 Å². The highest BCUT2D eigenvalue weighted by atomic mass is 19.2. The molecule has 0 aliphatic heterocycles. The molecule has 0 aliphatic rings. The Bertz CT molecular complexity index is 454. The third kappa shape index (κ3) is 5.10. The van der Waals surface area contributed by atoms with E-state index in [1.807, 2.05) is 0 Å². The Morgan fingerprint density at radius 3 is 2.55 bits per heavy atom. The topological polar surface area (TPSA) is 70.8 Å². The number of anilines is 1. The minimum Gasteiger partial charge on any atom is -0.460 e. The van der Waals surface area contributed by atoms with Crippen LogP contribution in [0.5, 0.6) is 0 Å². The maximum absolute atomic E-state index is 13.0. The van der Waals surface area contributed by atoms with E-state index in [-0.39, 0.29) is 24.5 Å². The number of nitrogen functional groups attached to an aromatic ring is 1. The first-order chi connectivity index (χ1) is 9.56. The van der Waals surface area contributed by atoms with Gasteiger partial charge in [-0.05, 0) is 12.5 Å². The fourth-order valence-electron chi connectivity index (χ4n) is 1.42. The summed E-state index contributed by atoms with van der Waals surface area (Å²) >= 11 is 0. The Morgan fingerprint density at radius 2 is 1.85 bits per heavy atom.